The second-order valence-corrected chi connectivity index (χ2v) is 8.00. The summed E-state index contributed by atoms with van der Waals surface area (Å²) in [6, 6.07) is 9.22. The van der Waals surface area contributed by atoms with Crippen molar-refractivity contribution in [2.75, 3.05) is 6.61 Å². The fourth-order valence-electron chi connectivity index (χ4n) is 4.29. The van der Waals surface area contributed by atoms with Gasteiger partial charge in [0.05, 0.1) is 24.2 Å². The van der Waals surface area contributed by atoms with Gasteiger partial charge in [-0.25, -0.2) is 13.8 Å². The number of hydroxylamine groups is 2. The summed E-state index contributed by atoms with van der Waals surface area (Å²) >= 11 is 0. The molecule has 1 aromatic heterocycles. The third-order valence-corrected chi connectivity index (χ3v) is 5.91. The van der Waals surface area contributed by atoms with Crippen LogP contribution in [0.5, 0.6) is 0 Å². The van der Waals surface area contributed by atoms with Gasteiger partial charge in [-0.15, -0.1) is 0 Å². The Labute approximate surface area is 166 Å². The molecule has 29 heavy (non-hydrogen) atoms. The minimum Gasteiger partial charge on any atom is -0.272 e. The minimum absolute atomic E-state index is 0.124. The summed E-state index contributed by atoms with van der Waals surface area (Å²) in [6.07, 6.45) is 3.90. The Morgan fingerprint density at radius 2 is 1.90 bits per heavy atom. The van der Waals surface area contributed by atoms with Crippen molar-refractivity contribution >= 4 is 16.8 Å². The summed E-state index contributed by atoms with van der Waals surface area (Å²) in [5, 5.41) is 7.04. The van der Waals surface area contributed by atoms with E-state index in [1.165, 1.54) is 22.8 Å². The monoisotopic (exact) mass is 397 g/mol. The smallest absolute Gasteiger partial charge is 0.249 e. The zero-order valence-corrected chi connectivity index (χ0v) is 16.0. The average molecular weight is 397 g/mol. The molecule has 5 nitrogen and oxygen atoms in total. The molecule has 1 saturated carbocycles. The third kappa shape index (κ3) is 3.29. The van der Waals surface area contributed by atoms with Gasteiger partial charge in [0, 0.05) is 30.0 Å². The molecular weight excluding hydrogens is 376 g/mol. The minimum atomic E-state index is -0.649. The molecule has 1 atom stereocenters. The van der Waals surface area contributed by atoms with Crippen LogP contribution >= 0.6 is 0 Å². The number of fused-ring (bicyclic) bond motifs is 1. The summed E-state index contributed by atoms with van der Waals surface area (Å²) in [4.78, 5) is 18.5. The van der Waals surface area contributed by atoms with Crippen LogP contribution in [-0.4, -0.2) is 27.4 Å². The van der Waals surface area contributed by atoms with Gasteiger partial charge in [-0.3, -0.25) is 14.3 Å². The Kier molecular flexibility index (Phi) is 4.35. The summed E-state index contributed by atoms with van der Waals surface area (Å²) in [6.45, 7) is 2.40. The molecular formula is C22H21F2N3O2. The maximum Gasteiger partial charge on any atom is 0.249 e. The van der Waals surface area contributed by atoms with Gasteiger partial charge >= 0.3 is 0 Å². The molecule has 1 saturated heterocycles. The van der Waals surface area contributed by atoms with E-state index in [1.807, 2.05) is 29.9 Å². The van der Waals surface area contributed by atoms with E-state index >= 15 is 0 Å². The van der Waals surface area contributed by atoms with Gasteiger partial charge in [-0.2, -0.15) is 5.10 Å². The second kappa shape index (κ2) is 6.91. The molecule has 2 heterocycles. The fourth-order valence-corrected chi connectivity index (χ4v) is 4.29. The lowest BCUT2D eigenvalue weighted by Crippen LogP contribution is -2.41. The lowest BCUT2D eigenvalue weighted by atomic mass is 9.79. The van der Waals surface area contributed by atoms with Gasteiger partial charge in [0.15, 0.2) is 0 Å². The van der Waals surface area contributed by atoms with Crippen LogP contribution in [0, 0.1) is 24.5 Å². The molecule has 0 radical (unpaired) electrons. The lowest BCUT2D eigenvalue weighted by molar-refractivity contribution is -0.185. The Hall–Kier alpha value is -2.80. The van der Waals surface area contributed by atoms with Crippen LogP contribution in [0.1, 0.15) is 42.5 Å². The Morgan fingerprint density at radius 3 is 2.66 bits per heavy atom. The standard InChI is InChI=1S/C22H21F2N3O2/c1-13-2-3-20-16(6-13)12-26(25-20)19-9-15(10-19)22(28)27-21(4-5-29-27)14-7-17(23)11-18(24)8-14/h2-3,6-8,11-12,15,19,21H,4-5,9-10H2,1H3/t15?,19?,21-/m0/s1. The lowest BCUT2D eigenvalue weighted by Gasteiger charge is -2.37. The quantitative estimate of drug-likeness (QED) is 0.655. The molecule has 3 aromatic rings. The van der Waals surface area contributed by atoms with Crippen molar-refractivity contribution in [1.82, 2.24) is 14.8 Å². The zero-order valence-electron chi connectivity index (χ0n) is 16.0. The molecule has 2 aromatic carbocycles. The molecule has 0 unspecified atom stereocenters. The molecule has 2 aliphatic rings. The third-order valence-electron chi connectivity index (χ3n) is 5.91. The molecule has 1 aliphatic carbocycles. The summed E-state index contributed by atoms with van der Waals surface area (Å²) < 4.78 is 29.1. The Bertz CT molecular complexity index is 1070. The van der Waals surface area contributed by atoms with Crippen molar-refractivity contribution < 1.29 is 18.4 Å². The summed E-state index contributed by atoms with van der Waals surface area (Å²) in [7, 11) is 0. The van der Waals surface area contributed by atoms with Crippen molar-refractivity contribution in [3.63, 3.8) is 0 Å². The molecule has 0 spiro atoms. The van der Waals surface area contributed by atoms with Crippen molar-refractivity contribution in [2.24, 2.45) is 5.92 Å². The maximum absolute atomic E-state index is 13.6. The van der Waals surface area contributed by atoms with Gasteiger partial charge in [-0.05, 0) is 49.6 Å². The zero-order chi connectivity index (χ0) is 20.1. The largest absolute Gasteiger partial charge is 0.272 e. The van der Waals surface area contributed by atoms with Gasteiger partial charge < -0.3 is 0 Å². The number of amides is 1. The number of halogens is 2. The van der Waals surface area contributed by atoms with Gasteiger partial charge in [0.25, 0.3) is 0 Å². The van der Waals surface area contributed by atoms with Crippen molar-refractivity contribution in [1.29, 1.82) is 0 Å². The summed E-state index contributed by atoms with van der Waals surface area (Å²) in [5.41, 5.74) is 2.56. The predicted octanol–water partition coefficient (Wildman–Crippen LogP) is 4.48. The SMILES string of the molecule is Cc1ccc2nn(C3CC(C(=O)N4OCC[C@H]4c4cc(F)cc(F)c4)C3)cc2c1. The molecule has 2 fully saturated rings. The highest BCUT2D eigenvalue weighted by Gasteiger charge is 2.42. The highest BCUT2D eigenvalue weighted by molar-refractivity contribution is 5.80. The highest BCUT2D eigenvalue weighted by Crippen LogP contribution is 2.42. The van der Waals surface area contributed by atoms with Crippen LogP contribution < -0.4 is 0 Å². The Morgan fingerprint density at radius 1 is 1.14 bits per heavy atom. The molecule has 0 bridgehead atoms. The van der Waals surface area contributed by atoms with Crippen molar-refractivity contribution in [2.45, 2.75) is 38.3 Å². The van der Waals surface area contributed by atoms with Gasteiger partial charge in [-0.1, -0.05) is 11.6 Å². The van der Waals surface area contributed by atoms with Gasteiger partial charge in [0.1, 0.15) is 11.6 Å². The molecule has 0 N–H and O–H groups in total. The van der Waals surface area contributed by atoms with E-state index < -0.39 is 17.7 Å². The van der Waals surface area contributed by atoms with E-state index in [4.69, 9.17) is 4.84 Å². The number of carbonyl (C=O) groups is 1. The first-order valence-corrected chi connectivity index (χ1v) is 9.85. The average Bonchev–Trinajstić information content (AvgIpc) is 3.25. The van der Waals surface area contributed by atoms with Crippen molar-refractivity contribution in [3.8, 4) is 0 Å². The van der Waals surface area contributed by atoms with Crippen LogP contribution in [-0.2, 0) is 9.63 Å². The van der Waals surface area contributed by atoms with E-state index in [1.54, 1.807) is 0 Å². The molecule has 1 amide bonds. The normalized spacial score (nSPS) is 24.1. The molecule has 150 valence electrons. The Balaban J connectivity index is 1.29. The van der Waals surface area contributed by atoms with Crippen LogP contribution in [0.2, 0.25) is 0 Å². The first-order valence-electron chi connectivity index (χ1n) is 9.85. The topological polar surface area (TPSA) is 47.4 Å². The maximum atomic E-state index is 13.6. The number of carbonyl (C=O) groups excluding carboxylic acids is 1. The van der Waals surface area contributed by atoms with Crippen LogP contribution in [0.4, 0.5) is 8.78 Å². The van der Waals surface area contributed by atoms with E-state index in [2.05, 4.69) is 11.2 Å². The predicted molar refractivity (Wildman–Crippen MR) is 103 cm³/mol. The van der Waals surface area contributed by atoms with E-state index in [0.717, 1.165) is 17.0 Å². The van der Waals surface area contributed by atoms with E-state index in [9.17, 15) is 13.6 Å². The number of hydrogen-bond acceptors (Lipinski definition) is 3. The van der Waals surface area contributed by atoms with Gasteiger partial charge in [0.2, 0.25) is 5.91 Å². The number of aryl methyl sites for hydroxylation is 1. The first-order chi connectivity index (χ1) is 14.0. The summed E-state index contributed by atoms with van der Waals surface area (Å²) in [5.74, 6) is -1.60. The van der Waals surface area contributed by atoms with Crippen molar-refractivity contribution in [3.05, 3.63) is 65.4 Å². The number of benzene rings is 2. The van der Waals surface area contributed by atoms with Crippen LogP contribution in [0.25, 0.3) is 10.9 Å². The second-order valence-electron chi connectivity index (χ2n) is 8.00. The highest BCUT2D eigenvalue weighted by atomic mass is 19.1. The molecule has 1 aliphatic heterocycles. The number of hydrogen-bond donors (Lipinski definition) is 0. The van der Waals surface area contributed by atoms with E-state index in [0.29, 0.717) is 31.4 Å². The molecule has 7 heteroatoms. The first kappa shape index (κ1) is 18.2. The van der Waals surface area contributed by atoms with Crippen LogP contribution in [0.3, 0.4) is 0 Å². The van der Waals surface area contributed by atoms with Crippen LogP contribution in [0.15, 0.2) is 42.6 Å². The molecule has 5 rings (SSSR count). The van der Waals surface area contributed by atoms with E-state index in [-0.39, 0.29) is 17.9 Å². The number of nitrogens with zero attached hydrogens (tertiary/aromatic N) is 3. The number of rotatable bonds is 3. The fraction of sp³-hybridized carbons (Fsp3) is 0.364. The number of aromatic nitrogens is 2.